The first-order chi connectivity index (χ1) is 16.5. The van der Waals surface area contributed by atoms with E-state index in [9.17, 15) is 14.4 Å². The molecular formula is C29H23NO4. The van der Waals surface area contributed by atoms with Crippen LogP contribution in [0, 0.1) is 12.3 Å². The lowest BCUT2D eigenvalue weighted by Crippen LogP contribution is -2.48. The van der Waals surface area contributed by atoms with Crippen LogP contribution in [0.4, 0.5) is 5.69 Å². The molecule has 0 amide bonds. The van der Waals surface area contributed by atoms with E-state index in [1.165, 1.54) is 7.11 Å². The maximum atomic E-state index is 14.3. The van der Waals surface area contributed by atoms with Crippen molar-refractivity contribution in [1.82, 2.24) is 0 Å². The van der Waals surface area contributed by atoms with Crippen molar-refractivity contribution in [2.24, 2.45) is 5.41 Å². The summed E-state index contributed by atoms with van der Waals surface area (Å²) in [5, 5.41) is 0. The number of carbonyl (C=O) groups is 3. The third-order valence-electron chi connectivity index (χ3n) is 7.59. The van der Waals surface area contributed by atoms with Crippen molar-refractivity contribution in [1.29, 1.82) is 0 Å². The zero-order valence-corrected chi connectivity index (χ0v) is 18.9. The zero-order valence-electron chi connectivity index (χ0n) is 18.9. The average molecular weight is 450 g/mol. The molecule has 1 spiro atoms. The molecule has 0 saturated carbocycles. The Bertz CT molecular complexity index is 1350. The summed E-state index contributed by atoms with van der Waals surface area (Å²) in [7, 11) is 1.35. The molecule has 0 aromatic heterocycles. The Morgan fingerprint density at radius 3 is 2.15 bits per heavy atom. The van der Waals surface area contributed by atoms with Crippen molar-refractivity contribution >= 4 is 29.3 Å². The number of methoxy groups -OCH3 is 1. The summed E-state index contributed by atoms with van der Waals surface area (Å²) in [5.74, 6) is -1.64. The number of esters is 1. The van der Waals surface area contributed by atoms with Gasteiger partial charge in [-0.05, 0) is 24.1 Å². The average Bonchev–Trinajstić information content (AvgIpc) is 3.31. The quantitative estimate of drug-likeness (QED) is 0.423. The number of anilines is 1. The Labute approximate surface area is 197 Å². The first-order valence-electron chi connectivity index (χ1n) is 11.4. The fourth-order valence-corrected chi connectivity index (χ4v) is 6.16. The minimum absolute atomic E-state index is 0.232. The highest BCUT2D eigenvalue weighted by Crippen LogP contribution is 2.60. The highest BCUT2D eigenvalue weighted by Gasteiger charge is 2.71. The SMILES string of the molecule is COC(=O)[C@H]1[C@H](c2ccc(C)cc2)C2(C(=O)c3ccccc3C2=O)[C@H]2C=Cc3ccccc3N12. The number of ether oxygens (including phenoxy) is 1. The largest absolute Gasteiger partial charge is 0.467 e. The third kappa shape index (κ3) is 2.47. The molecule has 2 aliphatic heterocycles. The summed E-state index contributed by atoms with van der Waals surface area (Å²) in [4.78, 5) is 43.9. The molecule has 0 N–H and O–H groups in total. The van der Waals surface area contributed by atoms with Crippen LogP contribution >= 0.6 is 0 Å². The maximum Gasteiger partial charge on any atom is 0.329 e. The van der Waals surface area contributed by atoms with E-state index in [2.05, 4.69) is 0 Å². The molecule has 34 heavy (non-hydrogen) atoms. The summed E-state index contributed by atoms with van der Waals surface area (Å²) >= 11 is 0. The van der Waals surface area contributed by atoms with E-state index in [0.717, 1.165) is 22.4 Å². The molecular weight excluding hydrogens is 426 g/mol. The molecule has 168 valence electrons. The summed E-state index contributed by atoms with van der Waals surface area (Å²) in [6.07, 6.45) is 3.86. The second kappa shape index (κ2) is 7.26. The number of aryl methyl sites for hydroxylation is 1. The van der Waals surface area contributed by atoms with Crippen molar-refractivity contribution in [2.75, 3.05) is 12.0 Å². The van der Waals surface area contributed by atoms with Gasteiger partial charge in [0.15, 0.2) is 11.6 Å². The van der Waals surface area contributed by atoms with Gasteiger partial charge in [0, 0.05) is 22.7 Å². The van der Waals surface area contributed by atoms with E-state index in [1.807, 2.05) is 72.5 Å². The van der Waals surface area contributed by atoms with Gasteiger partial charge in [0.05, 0.1) is 13.2 Å². The number of carbonyl (C=O) groups excluding carboxylic acids is 3. The predicted octanol–water partition coefficient (Wildman–Crippen LogP) is 4.60. The number of benzene rings is 3. The second-order valence-corrected chi connectivity index (χ2v) is 9.20. The van der Waals surface area contributed by atoms with Crippen molar-refractivity contribution in [3.63, 3.8) is 0 Å². The molecule has 3 atom stereocenters. The van der Waals surface area contributed by atoms with Crippen molar-refractivity contribution in [3.05, 3.63) is 107 Å². The Hall–Kier alpha value is -3.99. The number of nitrogens with zero attached hydrogens (tertiary/aromatic N) is 1. The number of Topliss-reactive ketones (excluding diaryl/α,β-unsaturated/α-hetero) is 2. The lowest BCUT2D eigenvalue weighted by Gasteiger charge is -2.36. The van der Waals surface area contributed by atoms with E-state index in [4.69, 9.17) is 4.74 Å². The summed E-state index contributed by atoms with van der Waals surface area (Å²) in [6.45, 7) is 1.98. The number of rotatable bonds is 2. The van der Waals surface area contributed by atoms with Gasteiger partial charge in [0.2, 0.25) is 0 Å². The molecule has 0 bridgehead atoms. The smallest absolute Gasteiger partial charge is 0.329 e. The van der Waals surface area contributed by atoms with E-state index >= 15 is 0 Å². The molecule has 1 saturated heterocycles. The van der Waals surface area contributed by atoms with Crippen LogP contribution in [-0.4, -0.2) is 36.7 Å². The van der Waals surface area contributed by atoms with Crippen molar-refractivity contribution in [2.45, 2.75) is 24.9 Å². The Balaban J connectivity index is 1.69. The van der Waals surface area contributed by atoms with E-state index in [1.54, 1.807) is 24.3 Å². The van der Waals surface area contributed by atoms with Gasteiger partial charge >= 0.3 is 5.97 Å². The molecule has 1 aliphatic carbocycles. The number of para-hydroxylation sites is 1. The van der Waals surface area contributed by atoms with Gasteiger partial charge in [-0.1, -0.05) is 84.4 Å². The van der Waals surface area contributed by atoms with Crippen LogP contribution in [0.3, 0.4) is 0 Å². The van der Waals surface area contributed by atoms with Crippen LogP contribution < -0.4 is 4.90 Å². The van der Waals surface area contributed by atoms with Gasteiger partial charge in [-0.25, -0.2) is 4.79 Å². The Morgan fingerprint density at radius 1 is 0.882 bits per heavy atom. The van der Waals surface area contributed by atoms with Crippen molar-refractivity contribution < 1.29 is 19.1 Å². The Morgan fingerprint density at radius 2 is 1.50 bits per heavy atom. The molecule has 3 aliphatic rings. The highest BCUT2D eigenvalue weighted by atomic mass is 16.5. The minimum atomic E-state index is -1.47. The van der Waals surface area contributed by atoms with Gasteiger partial charge in [0.1, 0.15) is 11.5 Å². The van der Waals surface area contributed by atoms with Crippen LogP contribution in [0.25, 0.3) is 6.08 Å². The maximum absolute atomic E-state index is 14.3. The minimum Gasteiger partial charge on any atom is -0.467 e. The van der Waals surface area contributed by atoms with Gasteiger partial charge in [-0.2, -0.15) is 0 Å². The predicted molar refractivity (Wildman–Crippen MR) is 129 cm³/mol. The van der Waals surface area contributed by atoms with E-state index < -0.39 is 29.4 Å². The molecule has 5 heteroatoms. The topological polar surface area (TPSA) is 63.7 Å². The molecule has 0 unspecified atom stereocenters. The lowest BCUT2D eigenvalue weighted by atomic mass is 9.64. The van der Waals surface area contributed by atoms with Gasteiger partial charge < -0.3 is 9.64 Å². The molecule has 1 fully saturated rings. The van der Waals surface area contributed by atoms with Crippen LogP contribution in [-0.2, 0) is 9.53 Å². The Kier molecular flexibility index (Phi) is 4.40. The first-order valence-corrected chi connectivity index (χ1v) is 11.4. The van der Waals surface area contributed by atoms with Crippen molar-refractivity contribution in [3.8, 4) is 0 Å². The molecule has 2 heterocycles. The molecule has 3 aromatic carbocycles. The summed E-state index contributed by atoms with van der Waals surface area (Å²) in [6, 6.07) is 21.0. The molecule has 5 nitrogen and oxygen atoms in total. The van der Waals surface area contributed by atoms with Crippen LogP contribution in [0.1, 0.15) is 43.3 Å². The third-order valence-corrected chi connectivity index (χ3v) is 7.59. The number of hydrogen-bond donors (Lipinski definition) is 0. The number of ketones is 2. The highest BCUT2D eigenvalue weighted by molar-refractivity contribution is 6.32. The van der Waals surface area contributed by atoms with Crippen LogP contribution in [0.5, 0.6) is 0 Å². The van der Waals surface area contributed by atoms with Gasteiger partial charge in [0.25, 0.3) is 0 Å². The van der Waals surface area contributed by atoms with Crippen LogP contribution in [0.2, 0.25) is 0 Å². The molecule has 0 radical (unpaired) electrons. The summed E-state index contributed by atoms with van der Waals surface area (Å²) < 4.78 is 5.30. The molecule has 3 aromatic rings. The summed E-state index contributed by atoms with van der Waals surface area (Å²) in [5.41, 5.74) is 2.95. The monoisotopic (exact) mass is 449 g/mol. The first kappa shape index (κ1) is 20.6. The fraction of sp³-hybridized carbons (Fsp3) is 0.207. The fourth-order valence-electron chi connectivity index (χ4n) is 6.16. The lowest BCUT2D eigenvalue weighted by molar-refractivity contribution is -0.142. The second-order valence-electron chi connectivity index (χ2n) is 9.20. The van der Waals surface area contributed by atoms with Gasteiger partial charge in [-0.3, -0.25) is 9.59 Å². The number of hydrogen-bond acceptors (Lipinski definition) is 5. The van der Waals surface area contributed by atoms with E-state index in [0.29, 0.717) is 11.1 Å². The van der Waals surface area contributed by atoms with Crippen LogP contribution in [0.15, 0.2) is 78.9 Å². The normalized spacial score (nSPS) is 23.6. The number of fused-ring (bicyclic) bond motifs is 5. The zero-order chi connectivity index (χ0) is 23.6. The van der Waals surface area contributed by atoms with Gasteiger partial charge in [-0.15, -0.1) is 0 Å². The standard InChI is InChI=1S/C29H23NO4/c1-17-11-13-19(14-12-17)24-25(28(33)34-2)30-22-10-6-3-7-18(22)15-16-23(30)29(24)26(31)20-8-4-5-9-21(20)27(29)32/h3-16,23-25H,1-2H3/t23-,24+,25-/m1/s1. The molecule has 6 rings (SSSR count). The van der Waals surface area contributed by atoms with E-state index in [-0.39, 0.29) is 11.6 Å².